The molecule has 18 heavy (non-hydrogen) atoms. The summed E-state index contributed by atoms with van der Waals surface area (Å²) in [6.07, 6.45) is 4.88. The molecule has 0 bridgehead atoms. The number of hydrogen-bond acceptors (Lipinski definition) is 2. The van der Waals surface area contributed by atoms with Crippen molar-refractivity contribution in [3.63, 3.8) is 0 Å². The largest absolute Gasteiger partial charge is 0.379 e. The van der Waals surface area contributed by atoms with Crippen molar-refractivity contribution in [2.24, 2.45) is 5.92 Å². The predicted octanol–water partition coefficient (Wildman–Crippen LogP) is 2.72. The van der Waals surface area contributed by atoms with Crippen LogP contribution in [0.3, 0.4) is 0 Å². The van der Waals surface area contributed by atoms with Crippen LogP contribution in [0.5, 0.6) is 0 Å². The first-order chi connectivity index (χ1) is 8.66. The first-order valence-corrected chi connectivity index (χ1v) is 7.12. The van der Waals surface area contributed by atoms with E-state index < -0.39 is 0 Å². The number of hydrogen-bond donors (Lipinski definition) is 1. The third-order valence-corrected chi connectivity index (χ3v) is 3.44. The highest BCUT2D eigenvalue weighted by atomic mass is 16.5. The van der Waals surface area contributed by atoms with Gasteiger partial charge in [0.05, 0.1) is 6.61 Å². The van der Waals surface area contributed by atoms with E-state index >= 15 is 0 Å². The van der Waals surface area contributed by atoms with Crippen molar-refractivity contribution in [1.82, 2.24) is 9.88 Å². The van der Waals surface area contributed by atoms with Gasteiger partial charge in [0.25, 0.3) is 0 Å². The summed E-state index contributed by atoms with van der Waals surface area (Å²) in [5, 5.41) is 3.56. The molecule has 1 aromatic rings. The summed E-state index contributed by atoms with van der Waals surface area (Å²) in [6, 6.07) is 3.01. The zero-order valence-corrected chi connectivity index (χ0v) is 11.9. The number of rotatable bonds is 8. The third kappa shape index (κ3) is 4.14. The van der Waals surface area contributed by atoms with Gasteiger partial charge in [0.2, 0.25) is 0 Å². The van der Waals surface area contributed by atoms with E-state index in [1.54, 1.807) is 0 Å². The number of nitrogens with one attached hydrogen (secondary N) is 1. The molecule has 1 aromatic heterocycles. The lowest BCUT2D eigenvalue weighted by Gasteiger charge is -2.10. The Labute approximate surface area is 111 Å². The van der Waals surface area contributed by atoms with Gasteiger partial charge >= 0.3 is 0 Å². The Morgan fingerprint density at radius 2 is 2.22 bits per heavy atom. The number of ether oxygens (including phenoxy) is 1. The van der Waals surface area contributed by atoms with Gasteiger partial charge in [-0.15, -0.1) is 0 Å². The van der Waals surface area contributed by atoms with Crippen LogP contribution in [0.15, 0.2) is 12.3 Å². The molecule has 0 saturated heterocycles. The minimum Gasteiger partial charge on any atom is -0.379 e. The van der Waals surface area contributed by atoms with Crippen molar-refractivity contribution in [1.29, 1.82) is 0 Å². The van der Waals surface area contributed by atoms with E-state index in [1.165, 1.54) is 24.1 Å². The first kappa shape index (κ1) is 13.6. The average molecular weight is 250 g/mol. The fourth-order valence-corrected chi connectivity index (χ4v) is 2.05. The lowest BCUT2D eigenvalue weighted by atomic mass is 10.2. The minimum atomic E-state index is 0.620. The quantitative estimate of drug-likeness (QED) is 0.718. The van der Waals surface area contributed by atoms with E-state index in [9.17, 15) is 0 Å². The van der Waals surface area contributed by atoms with Crippen LogP contribution >= 0.6 is 0 Å². The van der Waals surface area contributed by atoms with Gasteiger partial charge in [-0.05, 0) is 37.3 Å². The summed E-state index contributed by atoms with van der Waals surface area (Å²) >= 11 is 0. The highest BCUT2D eigenvalue weighted by molar-refractivity contribution is 5.21. The van der Waals surface area contributed by atoms with E-state index in [4.69, 9.17) is 4.74 Å². The first-order valence-electron chi connectivity index (χ1n) is 7.12. The highest BCUT2D eigenvalue weighted by Crippen LogP contribution is 2.20. The molecule has 3 heteroatoms. The van der Waals surface area contributed by atoms with Crippen molar-refractivity contribution in [2.45, 2.75) is 52.7 Å². The molecule has 0 radical (unpaired) electrons. The van der Waals surface area contributed by atoms with Crippen LogP contribution in [-0.4, -0.2) is 23.8 Å². The molecule has 1 aliphatic carbocycles. The Hall–Kier alpha value is -0.800. The van der Waals surface area contributed by atoms with Gasteiger partial charge in [-0.3, -0.25) is 0 Å². The molecule has 1 heterocycles. The smallest absolute Gasteiger partial charge is 0.0645 e. The monoisotopic (exact) mass is 250 g/mol. The summed E-state index contributed by atoms with van der Waals surface area (Å²) in [5.41, 5.74) is 2.79. The predicted molar refractivity (Wildman–Crippen MR) is 74.7 cm³/mol. The summed E-state index contributed by atoms with van der Waals surface area (Å²) in [5.74, 6) is 0.620. The molecule has 1 fully saturated rings. The van der Waals surface area contributed by atoms with Crippen LogP contribution in [0.2, 0.25) is 0 Å². The molecule has 0 atom stereocenters. The summed E-state index contributed by atoms with van der Waals surface area (Å²) in [4.78, 5) is 0. The second kappa shape index (κ2) is 6.39. The summed E-state index contributed by atoms with van der Waals surface area (Å²) in [6.45, 7) is 10.2. The third-order valence-electron chi connectivity index (χ3n) is 3.44. The second-order valence-electron chi connectivity index (χ2n) is 5.74. The van der Waals surface area contributed by atoms with Crippen molar-refractivity contribution in [3.05, 3.63) is 23.5 Å². The summed E-state index contributed by atoms with van der Waals surface area (Å²) in [7, 11) is 0. The Morgan fingerprint density at radius 1 is 1.44 bits per heavy atom. The van der Waals surface area contributed by atoms with Crippen LogP contribution < -0.4 is 5.32 Å². The molecular formula is C15H26N2O. The molecule has 3 nitrogen and oxygen atoms in total. The maximum atomic E-state index is 5.63. The molecule has 0 unspecified atom stereocenters. The van der Waals surface area contributed by atoms with Gasteiger partial charge in [-0.1, -0.05) is 13.8 Å². The minimum absolute atomic E-state index is 0.620. The van der Waals surface area contributed by atoms with Gasteiger partial charge < -0.3 is 14.6 Å². The Balaban J connectivity index is 1.74. The molecule has 0 spiro atoms. The molecule has 0 aromatic carbocycles. The Morgan fingerprint density at radius 3 is 2.89 bits per heavy atom. The lowest BCUT2D eigenvalue weighted by molar-refractivity contribution is 0.103. The zero-order chi connectivity index (χ0) is 13.0. The SMILES string of the molecule is Cc1c(CNC2CC2)ccn1CCOCC(C)C. The second-order valence-corrected chi connectivity index (χ2v) is 5.74. The fraction of sp³-hybridized carbons (Fsp3) is 0.733. The molecule has 1 saturated carbocycles. The van der Waals surface area contributed by atoms with Gasteiger partial charge in [-0.2, -0.15) is 0 Å². The van der Waals surface area contributed by atoms with Crippen molar-refractivity contribution in [3.8, 4) is 0 Å². The number of aromatic nitrogens is 1. The van der Waals surface area contributed by atoms with E-state index in [2.05, 4.69) is 42.9 Å². The van der Waals surface area contributed by atoms with Crippen LogP contribution in [0, 0.1) is 12.8 Å². The summed E-state index contributed by atoms with van der Waals surface area (Å²) < 4.78 is 7.93. The normalized spacial score (nSPS) is 15.6. The van der Waals surface area contributed by atoms with E-state index in [0.29, 0.717) is 5.92 Å². The topological polar surface area (TPSA) is 26.2 Å². The van der Waals surface area contributed by atoms with Crippen molar-refractivity contribution in [2.75, 3.05) is 13.2 Å². The van der Waals surface area contributed by atoms with Gasteiger partial charge in [0.15, 0.2) is 0 Å². The molecule has 102 valence electrons. The van der Waals surface area contributed by atoms with Crippen LogP contribution in [0.4, 0.5) is 0 Å². The van der Waals surface area contributed by atoms with Gasteiger partial charge in [0.1, 0.15) is 0 Å². The maximum Gasteiger partial charge on any atom is 0.0645 e. The highest BCUT2D eigenvalue weighted by Gasteiger charge is 2.20. The molecule has 1 N–H and O–H groups in total. The number of nitrogens with zero attached hydrogens (tertiary/aromatic N) is 1. The molecular weight excluding hydrogens is 224 g/mol. The Kier molecular flexibility index (Phi) is 4.84. The van der Waals surface area contributed by atoms with E-state index in [1.807, 2.05) is 0 Å². The van der Waals surface area contributed by atoms with E-state index in [0.717, 1.165) is 32.3 Å². The van der Waals surface area contributed by atoms with Gasteiger partial charge in [0, 0.05) is 37.6 Å². The molecule has 0 amide bonds. The zero-order valence-electron chi connectivity index (χ0n) is 11.9. The van der Waals surface area contributed by atoms with Crippen LogP contribution in [0.25, 0.3) is 0 Å². The van der Waals surface area contributed by atoms with E-state index in [-0.39, 0.29) is 0 Å². The van der Waals surface area contributed by atoms with Crippen LogP contribution in [0.1, 0.15) is 37.9 Å². The molecule has 1 aliphatic rings. The van der Waals surface area contributed by atoms with Crippen molar-refractivity contribution >= 4 is 0 Å². The Bertz CT molecular complexity index is 367. The molecule has 2 rings (SSSR count). The lowest BCUT2D eigenvalue weighted by Crippen LogP contribution is -2.16. The van der Waals surface area contributed by atoms with Crippen LogP contribution in [-0.2, 0) is 17.8 Å². The van der Waals surface area contributed by atoms with Gasteiger partial charge in [-0.25, -0.2) is 0 Å². The fourth-order valence-electron chi connectivity index (χ4n) is 2.05. The maximum absolute atomic E-state index is 5.63. The molecule has 0 aliphatic heterocycles. The van der Waals surface area contributed by atoms with Crippen molar-refractivity contribution < 1.29 is 4.74 Å². The average Bonchev–Trinajstić information content (AvgIpc) is 3.09. The standard InChI is InChI=1S/C15H26N2O/c1-12(2)11-18-9-8-17-7-6-14(13(17)3)10-16-15-4-5-15/h6-7,12,15-16H,4-5,8-11H2,1-3H3.